The molecule has 0 saturated heterocycles. The molecule has 4 aliphatic rings. The van der Waals surface area contributed by atoms with Gasteiger partial charge in [-0.15, -0.1) is 11.6 Å². The number of hydrogen-bond donors (Lipinski definition) is 0. The Bertz CT molecular complexity index is 820. The average Bonchev–Trinajstić information content (AvgIpc) is 3.06. The van der Waals surface area contributed by atoms with Crippen LogP contribution in [-0.2, 0) is 14.3 Å². The molecule has 0 radical (unpaired) electrons. The summed E-state index contributed by atoms with van der Waals surface area (Å²) in [6.07, 6.45) is 19.7. The first kappa shape index (κ1) is 27.2. The van der Waals surface area contributed by atoms with Crippen molar-refractivity contribution in [1.82, 2.24) is 0 Å². The molecule has 0 N–H and O–H groups in total. The van der Waals surface area contributed by atoms with Gasteiger partial charge in [0.2, 0.25) is 0 Å². The van der Waals surface area contributed by atoms with Crippen LogP contribution < -0.4 is 0 Å². The van der Waals surface area contributed by atoms with Crippen LogP contribution in [0.15, 0.2) is 11.6 Å². The van der Waals surface area contributed by atoms with Crippen LogP contribution >= 0.6 is 11.6 Å². The van der Waals surface area contributed by atoms with Gasteiger partial charge in [-0.2, -0.15) is 0 Å². The molecular formula is C31H49ClO3. The van der Waals surface area contributed by atoms with Gasteiger partial charge in [0, 0.05) is 24.6 Å². The van der Waals surface area contributed by atoms with Crippen molar-refractivity contribution >= 4 is 23.4 Å². The van der Waals surface area contributed by atoms with Crippen LogP contribution in [0.1, 0.15) is 124 Å². The van der Waals surface area contributed by atoms with Crippen molar-refractivity contribution < 1.29 is 14.3 Å². The maximum atomic E-state index is 12.4. The highest BCUT2D eigenvalue weighted by Gasteiger charge is 2.65. The molecule has 3 saturated carbocycles. The van der Waals surface area contributed by atoms with E-state index in [4.69, 9.17) is 16.3 Å². The van der Waals surface area contributed by atoms with Gasteiger partial charge in [-0.25, -0.2) is 0 Å². The van der Waals surface area contributed by atoms with Crippen LogP contribution in [0.3, 0.4) is 0 Å². The van der Waals surface area contributed by atoms with E-state index >= 15 is 0 Å². The summed E-state index contributed by atoms with van der Waals surface area (Å²) in [5.74, 6) is 3.62. The van der Waals surface area contributed by atoms with Gasteiger partial charge < -0.3 is 4.74 Å². The summed E-state index contributed by atoms with van der Waals surface area (Å²) in [6, 6.07) is 0. The molecule has 4 rings (SSSR count). The molecule has 0 amide bonds. The van der Waals surface area contributed by atoms with Gasteiger partial charge in [-0.3, -0.25) is 9.59 Å². The van der Waals surface area contributed by atoms with Crippen molar-refractivity contribution in [2.45, 2.75) is 130 Å². The highest BCUT2D eigenvalue weighted by atomic mass is 35.5. The number of hydrogen-bond acceptors (Lipinski definition) is 3. The predicted octanol–water partition coefficient (Wildman–Crippen LogP) is 8.43. The van der Waals surface area contributed by atoms with E-state index < -0.39 is 0 Å². The minimum Gasteiger partial charge on any atom is -0.459 e. The molecule has 3 fully saturated rings. The van der Waals surface area contributed by atoms with Crippen molar-refractivity contribution in [3.8, 4) is 0 Å². The largest absolute Gasteiger partial charge is 0.459 e. The predicted molar refractivity (Wildman–Crippen MR) is 143 cm³/mol. The third-order valence-corrected chi connectivity index (χ3v) is 11.5. The van der Waals surface area contributed by atoms with Crippen molar-refractivity contribution in [3.63, 3.8) is 0 Å². The van der Waals surface area contributed by atoms with E-state index in [2.05, 4.69) is 26.8 Å². The topological polar surface area (TPSA) is 43.4 Å². The normalized spacial score (nSPS) is 40.5. The minimum atomic E-state index is -0.346. The molecule has 0 aromatic heterocycles. The molecule has 2 unspecified atom stereocenters. The van der Waals surface area contributed by atoms with Crippen molar-refractivity contribution in [2.75, 3.05) is 5.88 Å². The molecule has 35 heavy (non-hydrogen) atoms. The lowest BCUT2D eigenvalue weighted by Gasteiger charge is -2.61. The molecule has 0 aliphatic heterocycles. The second-order valence-electron chi connectivity index (χ2n) is 13.1. The van der Waals surface area contributed by atoms with Gasteiger partial charge in [0.1, 0.15) is 5.60 Å². The minimum absolute atomic E-state index is 0.0581. The summed E-state index contributed by atoms with van der Waals surface area (Å²) >= 11 is 5.81. The van der Waals surface area contributed by atoms with Gasteiger partial charge >= 0.3 is 5.97 Å². The lowest BCUT2D eigenvalue weighted by atomic mass is 9.44. The Kier molecular flexibility index (Phi) is 8.46. The zero-order valence-corrected chi connectivity index (χ0v) is 23.6. The van der Waals surface area contributed by atoms with Crippen LogP contribution in [0.2, 0.25) is 0 Å². The molecule has 4 heteroatoms. The zero-order valence-electron chi connectivity index (χ0n) is 22.8. The first-order valence-corrected chi connectivity index (χ1v) is 15.2. The number of halogens is 1. The molecule has 7 atom stereocenters. The maximum absolute atomic E-state index is 12.4. The second kappa shape index (κ2) is 10.9. The number of fused-ring (bicyclic) bond motifs is 5. The van der Waals surface area contributed by atoms with E-state index in [9.17, 15) is 9.59 Å². The number of esters is 1. The number of rotatable bonds is 10. The lowest BCUT2D eigenvalue weighted by Crippen LogP contribution is -2.57. The Balaban J connectivity index is 1.51. The van der Waals surface area contributed by atoms with Gasteiger partial charge in [0.05, 0.1) is 0 Å². The molecular weight excluding hydrogens is 456 g/mol. The maximum Gasteiger partial charge on any atom is 0.303 e. The Morgan fingerprint density at radius 1 is 0.971 bits per heavy atom. The second-order valence-corrected chi connectivity index (χ2v) is 13.5. The summed E-state index contributed by atoms with van der Waals surface area (Å²) in [6.45, 7) is 8.69. The van der Waals surface area contributed by atoms with E-state index in [0.29, 0.717) is 35.9 Å². The zero-order chi connectivity index (χ0) is 25.3. The Morgan fingerprint density at radius 2 is 1.63 bits per heavy atom. The molecule has 0 aromatic rings. The first-order chi connectivity index (χ1) is 16.6. The lowest BCUT2D eigenvalue weighted by molar-refractivity contribution is -0.180. The molecule has 3 nitrogen and oxygen atoms in total. The number of ether oxygens (including phenoxy) is 1. The highest BCUT2D eigenvalue weighted by molar-refractivity contribution is 6.17. The van der Waals surface area contributed by atoms with E-state index in [1.165, 1.54) is 63.4 Å². The van der Waals surface area contributed by atoms with E-state index in [-0.39, 0.29) is 22.4 Å². The van der Waals surface area contributed by atoms with E-state index in [1.54, 1.807) is 6.92 Å². The fraction of sp³-hybridized carbons (Fsp3) is 0.871. The van der Waals surface area contributed by atoms with Gasteiger partial charge in [-0.05, 0) is 93.5 Å². The third kappa shape index (κ3) is 5.14. The Labute approximate surface area is 219 Å². The Hall–Kier alpha value is -0.830. The smallest absolute Gasteiger partial charge is 0.303 e. The molecule has 4 aliphatic carbocycles. The number of carbonyl (C=O) groups is 2. The van der Waals surface area contributed by atoms with Gasteiger partial charge in [-0.1, -0.05) is 57.9 Å². The Morgan fingerprint density at radius 3 is 2.31 bits per heavy atom. The summed E-state index contributed by atoms with van der Waals surface area (Å²) in [5, 5.41) is 0. The fourth-order valence-corrected chi connectivity index (χ4v) is 9.29. The van der Waals surface area contributed by atoms with E-state index in [0.717, 1.165) is 38.0 Å². The van der Waals surface area contributed by atoms with Crippen LogP contribution in [0, 0.1) is 34.5 Å². The first-order valence-electron chi connectivity index (χ1n) is 14.6. The van der Waals surface area contributed by atoms with E-state index in [1.807, 2.05) is 0 Å². The third-order valence-electron chi connectivity index (χ3n) is 11.2. The fourth-order valence-electron chi connectivity index (χ4n) is 9.10. The van der Waals surface area contributed by atoms with Crippen LogP contribution in [-0.4, -0.2) is 23.2 Å². The van der Waals surface area contributed by atoms with Crippen molar-refractivity contribution in [3.05, 3.63) is 11.6 Å². The van der Waals surface area contributed by atoms with Gasteiger partial charge in [0.15, 0.2) is 5.78 Å². The van der Waals surface area contributed by atoms with Crippen molar-refractivity contribution in [2.24, 2.45) is 34.5 Å². The van der Waals surface area contributed by atoms with Crippen molar-refractivity contribution in [1.29, 1.82) is 0 Å². The molecule has 198 valence electrons. The average molecular weight is 505 g/mol. The molecule has 0 spiro atoms. The van der Waals surface area contributed by atoms with Crippen LogP contribution in [0.5, 0.6) is 0 Å². The van der Waals surface area contributed by atoms with Gasteiger partial charge in [0.25, 0.3) is 0 Å². The number of allylic oxidation sites excluding steroid dienone is 1. The summed E-state index contributed by atoms with van der Waals surface area (Å²) in [7, 11) is 0. The van der Waals surface area contributed by atoms with Crippen LogP contribution in [0.25, 0.3) is 0 Å². The number of ketones is 1. The number of unbranched alkanes of at least 4 members (excludes halogenated alkanes) is 6. The molecule has 0 aromatic carbocycles. The SMILES string of the molecule is CC(=O)OC1(C)CC[C@H]2[C@@H]3C(CCCCCCCCCCl)CC4=CC(=O)CC[C@]4(C)[C@@H]3CC[C@@]21C. The number of alkyl halides is 1. The summed E-state index contributed by atoms with van der Waals surface area (Å²) in [5.41, 5.74) is 1.36. The molecule has 0 bridgehead atoms. The monoisotopic (exact) mass is 504 g/mol. The quantitative estimate of drug-likeness (QED) is 0.170. The highest BCUT2D eigenvalue weighted by Crippen LogP contribution is 2.69. The number of carbonyl (C=O) groups excluding carboxylic acids is 2. The van der Waals surface area contributed by atoms with Crippen LogP contribution in [0.4, 0.5) is 0 Å². The molecule has 0 heterocycles. The summed E-state index contributed by atoms with van der Waals surface area (Å²) in [4.78, 5) is 24.5. The summed E-state index contributed by atoms with van der Waals surface area (Å²) < 4.78 is 6.08. The standard InChI is InChI=1S/C31H49ClO3/c1-22(33)35-31(4)18-15-27-28-23(12-10-8-6-5-7-9-11-19-32)20-24-21-25(34)13-16-29(24,2)26(28)14-17-30(27,31)3/h21,23,26-28H,5-20H2,1-4H3/t23?,26-,27+,28-,29+,30+,31?/m1/s1.